The Morgan fingerprint density at radius 3 is 2.10 bits per heavy atom. The smallest absolute Gasteiger partial charge is 0.254 e. The molecular formula is C31H34N4O5. The maximum Gasteiger partial charge on any atom is 0.254 e. The molecule has 0 radical (unpaired) electrons. The summed E-state index contributed by atoms with van der Waals surface area (Å²) in [4.78, 5) is 33.0. The third-order valence-corrected chi connectivity index (χ3v) is 6.22. The fourth-order valence-corrected chi connectivity index (χ4v) is 4.25. The molecule has 0 spiro atoms. The number of nitrogens with one attached hydrogen (secondary N) is 1. The molecule has 0 atom stereocenters. The van der Waals surface area contributed by atoms with Gasteiger partial charge in [-0.25, -0.2) is 4.98 Å². The molecule has 0 fully saturated rings. The lowest BCUT2D eigenvalue weighted by Crippen LogP contribution is -2.40. The van der Waals surface area contributed by atoms with Crippen LogP contribution in [0.25, 0.3) is 16.9 Å². The maximum absolute atomic E-state index is 13.4. The molecule has 0 saturated heterocycles. The average molecular weight is 543 g/mol. The summed E-state index contributed by atoms with van der Waals surface area (Å²) in [6.07, 6.45) is 1.85. The number of carbonyl (C=O) groups excluding carboxylic acids is 2. The lowest BCUT2D eigenvalue weighted by Gasteiger charge is -2.24. The second-order valence-corrected chi connectivity index (χ2v) is 9.61. The standard InChI is InChI=1S/C31H34N4O5/c1-21(2)18-34(30(37)23-7-6-8-27(17-23)40-5)20-29(36)33-31-32-28(22-9-13-25(38-3)14-10-22)19-35(31)24-11-15-26(39-4)16-12-24/h6-17,19,21H,18,20H2,1-5H3,(H,32,33,36). The SMILES string of the molecule is COc1ccc(-c2cn(-c3ccc(OC)cc3)c(NC(=O)CN(CC(C)C)C(=O)c3cccc(OC)c3)n2)cc1. The second-order valence-electron chi connectivity index (χ2n) is 9.61. The molecule has 2 amide bonds. The van der Waals surface area contributed by atoms with Crippen molar-refractivity contribution in [3.8, 4) is 34.2 Å². The Kier molecular flexibility index (Phi) is 9.06. The summed E-state index contributed by atoms with van der Waals surface area (Å²) in [5.41, 5.74) is 2.77. The van der Waals surface area contributed by atoms with Crippen LogP contribution in [-0.4, -0.2) is 60.7 Å². The number of benzene rings is 3. The van der Waals surface area contributed by atoms with E-state index in [-0.39, 0.29) is 24.3 Å². The van der Waals surface area contributed by atoms with Crippen LogP contribution in [-0.2, 0) is 4.79 Å². The van der Waals surface area contributed by atoms with Crippen molar-refractivity contribution >= 4 is 17.8 Å². The zero-order valence-corrected chi connectivity index (χ0v) is 23.4. The van der Waals surface area contributed by atoms with Crippen molar-refractivity contribution in [3.63, 3.8) is 0 Å². The number of aromatic nitrogens is 2. The summed E-state index contributed by atoms with van der Waals surface area (Å²) in [6.45, 7) is 4.28. The zero-order chi connectivity index (χ0) is 28.6. The van der Waals surface area contributed by atoms with Crippen LogP contribution < -0.4 is 19.5 Å². The van der Waals surface area contributed by atoms with E-state index in [1.807, 2.05) is 68.6 Å². The molecule has 1 heterocycles. The molecule has 1 aromatic heterocycles. The normalized spacial score (nSPS) is 10.8. The highest BCUT2D eigenvalue weighted by Gasteiger charge is 2.22. The Morgan fingerprint density at radius 1 is 0.875 bits per heavy atom. The van der Waals surface area contributed by atoms with E-state index in [2.05, 4.69) is 5.32 Å². The molecule has 0 aliphatic carbocycles. The number of methoxy groups -OCH3 is 3. The predicted octanol–water partition coefficient (Wildman–Crippen LogP) is 5.30. The number of imidazole rings is 1. The van der Waals surface area contributed by atoms with E-state index in [9.17, 15) is 9.59 Å². The van der Waals surface area contributed by atoms with Gasteiger partial charge in [0.1, 0.15) is 23.8 Å². The molecule has 1 N–H and O–H groups in total. The van der Waals surface area contributed by atoms with Crippen LogP contribution in [0.4, 0.5) is 5.95 Å². The summed E-state index contributed by atoms with van der Waals surface area (Å²) in [6, 6.07) is 21.9. The van der Waals surface area contributed by atoms with Crippen molar-refractivity contribution in [1.82, 2.24) is 14.5 Å². The highest BCUT2D eigenvalue weighted by molar-refractivity contribution is 5.99. The molecule has 40 heavy (non-hydrogen) atoms. The Labute approximate surface area is 234 Å². The van der Waals surface area contributed by atoms with Crippen molar-refractivity contribution in [1.29, 1.82) is 0 Å². The first kappa shape index (κ1) is 28.2. The van der Waals surface area contributed by atoms with Crippen molar-refractivity contribution in [2.45, 2.75) is 13.8 Å². The minimum absolute atomic E-state index is 0.137. The Bertz CT molecular complexity index is 1450. The van der Waals surface area contributed by atoms with Crippen molar-refractivity contribution < 1.29 is 23.8 Å². The molecular weight excluding hydrogens is 508 g/mol. The van der Waals surface area contributed by atoms with E-state index in [0.717, 1.165) is 17.0 Å². The Balaban J connectivity index is 1.62. The molecule has 9 heteroatoms. The highest BCUT2D eigenvalue weighted by atomic mass is 16.5. The van der Waals surface area contributed by atoms with Gasteiger partial charge in [0, 0.05) is 29.6 Å². The van der Waals surface area contributed by atoms with E-state index in [4.69, 9.17) is 19.2 Å². The van der Waals surface area contributed by atoms with Crippen LogP contribution in [0.15, 0.2) is 79.0 Å². The quantitative estimate of drug-likeness (QED) is 0.276. The van der Waals surface area contributed by atoms with Gasteiger partial charge in [0.05, 0.1) is 27.0 Å². The first-order chi connectivity index (χ1) is 19.3. The van der Waals surface area contributed by atoms with E-state index >= 15 is 0 Å². The minimum Gasteiger partial charge on any atom is -0.497 e. The van der Waals surface area contributed by atoms with E-state index in [1.54, 1.807) is 55.1 Å². The topological polar surface area (TPSA) is 94.9 Å². The van der Waals surface area contributed by atoms with Crippen LogP contribution in [0, 0.1) is 5.92 Å². The number of rotatable bonds is 11. The number of hydrogen-bond donors (Lipinski definition) is 1. The van der Waals surface area contributed by atoms with E-state index in [1.165, 1.54) is 0 Å². The fourth-order valence-electron chi connectivity index (χ4n) is 4.25. The number of carbonyl (C=O) groups is 2. The molecule has 0 unspecified atom stereocenters. The molecule has 9 nitrogen and oxygen atoms in total. The van der Waals surface area contributed by atoms with Gasteiger partial charge in [0.15, 0.2) is 0 Å². The molecule has 0 aliphatic rings. The largest absolute Gasteiger partial charge is 0.497 e. The molecule has 3 aromatic carbocycles. The monoisotopic (exact) mass is 542 g/mol. The van der Waals surface area contributed by atoms with Crippen LogP contribution in [0.2, 0.25) is 0 Å². The van der Waals surface area contributed by atoms with Gasteiger partial charge in [-0.15, -0.1) is 0 Å². The van der Waals surface area contributed by atoms with Gasteiger partial charge in [-0.1, -0.05) is 19.9 Å². The number of nitrogens with zero attached hydrogens (tertiary/aromatic N) is 3. The van der Waals surface area contributed by atoms with Crippen LogP contribution in [0.1, 0.15) is 24.2 Å². The van der Waals surface area contributed by atoms with Gasteiger partial charge in [-0.05, 0) is 72.6 Å². The van der Waals surface area contributed by atoms with Crippen LogP contribution >= 0.6 is 0 Å². The third-order valence-electron chi connectivity index (χ3n) is 6.22. The molecule has 0 aliphatic heterocycles. The summed E-state index contributed by atoms with van der Waals surface area (Å²) >= 11 is 0. The third kappa shape index (κ3) is 6.79. The van der Waals surface area contributed by atoms with E-state index in [0.29, 0.717) is 35.2 Å². The number of anilines is 1. The van der Waals surface area contributed by atoms with Crippen LogP contribution in [0.5, 0.6) is 17.2 Å². The van der Waals surface area contributed by atoms with Gasteiger partial charge in [0.25, 0.3) is 5.91 Å². The molecule has 4 rings (SSSR count). The van der Waals surface area contributed by atoms with Gasteiger partial charge in [-0.2, -0.15) is 0 Å². The van der Waals surface area contributed by atoms with Gasteiger partial charge in [0.2, 0.25) is 11.9 Å². The minimum atomic E-state index is -0.362. The second kappa shape index (κ2) is 12.8. The number of hydrogen-bond acceptors (Lipinski definition) is 6. The van der Waals surface area contributed by atoms with Gasteiger partial charge < -0.3 is 19.1 Å². The maximum atomic E-state index is 13.4. The zero-order valence-electron chi connectivity index (χ0n) is 23.4. The van der Waals surface area contributed by atoms with Gasteiger partial charge >= 0.3 is 0 Å². The first-order valence-electron chi connectivity index (χ1n) is 12.9. The van der Waals surface area contributed by atoms with Crippen molar-refractivity contribution in [3.05, 3.63) is 84.6 Å². The summed E-state index contributed by atoms with van der Waals surface area (Å²) in [7, 11) is 4.77. The fraction of sp³-hybridized carbons (Fsp3) is 0.258. The molecule has 0 bridgehead atoms. The Morgan fingerprint density at radius 2 is 1.50 bits per heavy atom. The summed E-state index contributed by atoms with van der Waals surface area (Å²) in [5.74, 6) is 1.90. The first-order valence-corrected chi connectivity index (χ1v) is 12.9. The Hall–Kier alpha value is -4.79. The number of amides is 2. The van der Waals surface area contributed by atoms with Gasteiger partial charge in [-0.3, -0.25) is 19.5 Å². The summed E-state index contributed by atoms with van der Waals surface area (Å²) in [5, 5.41) is 2.92. The molecule has 0 saturated carbocycles. The number of ether oxygens (including phenoxy) is 3. The lowest BCUT2D eigenvalue weighted by molar-refractivity contribution is -0.117. The molecule has 4 aromatic rings. The average Bonchev–Trinajstić information content (AvgIpc) is 3.39. The van der Waals surface area contributed by atoms with Crippen molar-refractivity contribution in [2.75, 3.05) is 39.7 Å². The highest BCUT2D eigenvalue weighted by Crippen LogP contribution is 2.27. The lowest BCUT2D eigenvalue weighted by atomic mass is 10.1. The van der Waals surface area contributed by atoms with E-state index < -0.39 is 0 Å². The summed E-state index contributed by atoms with van der Waals surface area (Å²) < 4.78 is 17.6. The van der Waals surface area contributed by atoms with Crippen molar-refractivity contribution in [2.24, 2.45) is 5.92 Å². The molecule has 208 valence electrons. The van der Waals surface area contributed by atoms with Crippen LogP contribution in [0.3, 0.4) is 0 Å². The predicted molar refractivity (Wildman–Crippen MR) is 154 cm³/mol.